The van der Waals surface area contributed by atoms with Crippen LogP contribution in [0.2, 0.25) is 0 Å². The van der Waals surface area contributed by atoms with Crippen molar-refractivity contribution in [2.24, 2.45) is 5.92 Å². The van der Waals surface area contributed by atoms with Gasteiger partial charge < -0.3 is 9.30 Å². The maximum atomic E-state index is 11.6. The minimum absolute atomic E-state index is 0.271. The van der Waals surface area contributed by atoms with Gasteiger partial charge in [0.25, 0.3) is 0 Å². The van der Waals surface area contributed by atoms with E-state index in [0.717, 1.165) is 17.8 Å². The number of carbonyl (C=O) groups is 1. The van der Waals surface area contributed by atoms with Crippen molar-refractivity contribution in [3.63, 3.8) is 0 Å². The standard InChI is InChI=1S/C17H21NO2/c1-20-17(19)15-7-8-16-14(11-15)9-10-18(16)12-13-5-3-2-4-6-13/h7-11,13H,2-6,12H2,1H3. The Labute approximate surface area is 119 Å². The molecule has 1 saturated carbocycles. The molecular weight excluding hydrogens is 250 g/mol. The average Bonchev–Trinajstić information content (AvgIpc) is 2.90. The molecule has 0 unspecified atom stereocenters. The molecule has 3 nitrogen and oxygen atoms in total. The molecule has 0 atom stereocenters. The van der Waals surface area contributed by atoms with Crippen LogP contribution in [0.5, 0.6) is 0 Å². The van der Waals surface area contributed by atoms with Crippen LogP contribution in [-0.4, -0.2) is 17.6 Å². The van der Waals surface area contributed by atoms with E-state index in [4.69, 9.17) is 4.74 Å². The molecule has 0 radical (unpaired) electrons. The molecule has 2 aromatic rings. The van der Waals surface area contributed by atoms with Crippen molar-refractivity contribution in [3.05, 3.63) is 36.0 Å². The Hall–Kier alpha value is -1.77. The van der Waals surface area contributed by atoms with Gasteiger partial charge in [0.15, 0.2) is 0 Å². The molecule has 106 valence electrons. The van der Waals surface area contributed by atoms with Crippen LogP contribution in [0, 0.1) is 5.92 Å². The second-order valence-electron chi connectivity index (χ2n) is 5.74. The lowest BCUT2D eigenvalue weighted by atomic mass is 9.89. The molecule has 0 saturated heterocycles. The summed E-state index contributed by atoms with van der Waals surface area (Å²) in [5.41, 5.74) is 1.83. The molecule has 1 aliphatic carbocycles. The Balaban J connectivity index is 1.84. The molecule has 20 heavy (non-hydrogen) atoms. The summed E-state index contributed by atoms with van der Waals surface area (Å²) in [6.07, 6.45) is 8.97. The number of benzene rings is 1. The molecule has 3 rings (SSSR count). The Morgan fingerprint density at radius 2 is 2.05 bits per heavy atom. The maximum absolute atomic E-state index is 11.6. The average molecular weight is 271 g/mol. The molecule has 0 amide bonds. The highest BCUT2D eigenvalue weighted by Gasteiger charge is 2.15. The maximum Gasteiger partial charge on any atom is 0.337 e. The summed E-state index contributed by atoms with van der Waals surface area (Å²) >= 11 is 0. The Morgan fingerprint density at radius 1 is 1.25 bits per heavy atom. The van der Waals surface area contributed by atoms with Crippen molar-refractivity contribution in [2.45, 2.75) is 38.6 Å². The largest absolute Gasteiger partial charge is 0.465 e. The van der Waals surface area contributed by atoms with Gasteiger partial charge in [-0.1, -0.05) is 19.3 Å². The van der Waals surface area contributed by atoms with Gasteiger partial charge in [-0.05, 0) is 43.0 Å². The van der Waals surface area contributed by atoms with E-state index in [1.807, 2.05) is 18.2 Å². The van der Waals surface area contributed by atoms with Gasteiger partial charge >= 0.3 is 5.97 Å². The van der Waals surface area contributed by atoms with Gasteiger partial charge in [0.2, 0.25) is 0 Å². The third-order valence-electron chi connectivity index (χ3n) is 4.37. The molecule has 0 spiro atoms. The number of hydrogen-bond donors (Lipinski definition) is 0. The van der Waals surface area contributed by atoms with Gasteiger partial charge in [-0.15, -0.1) is 0 Å². The summed E-state index contributed by atoms with van der Waals surface area (Å²) in [5.74, 6) is 0.534. The number of carbonyl (C=O) groups excluding carboxylic acids is 1. The molecule has 1 heterocycles. The molecule has 1 fully saturated rings. The molecule has 1 aromatic heterocycles. The monoisotopic (exact) mass is 271 g/mol. The van der Waals surface area contributed by atoms with Crippen LogP contribution >= 0.6 is 0 Å². The fraction of sp³-hybridized carbons (Fsp3) is 0.471. The third-order valence-corrected chi connectivity index (χ3v) is 4.37. The lowest BCUT2D eigenvalue weighted by molar-refractivity contribution is 0.0601. The van der Waals surface area contributed by atoms with E-state index in [1.54, 1.807) is 0 Å². The smallest absolute Gasteiger partial charge is 0.337 e. The van der Waals surface area contributed by atoms with E-state index in [0.29, 0.717) is 5.56 Å². The summed E-state index contributed by atoms with van der Waals surface area (Å²) in [6.45, 7) is 1.10. The zero-order valence-electron chi connectivity index (χ0n) is 12.0. The van der Waals surface area contributed by atoms with Crippen molar-refractivity contribution in [3.8, 4) is 0 Å². The lowest BCUT2D eigenvalue weighted by Gasteiger charge is -2.22. The van der Waals surface area contributed by atoms with Crippen molar-refractivity contribution >= 4 is 16.9 Å². The first-order valence-electron chi connectivity index (χ1n) is 7.45. The van der Waals surface area contributed by atoms with Crippen LogP contribution in [0.3, 0.4) is 0 Å². The summed E-state index contributed by atoms with van der Waals surface area (Å²) in [5, 5.41) is 1.11. The zero-order valence-corrected chi connectivity index (χ0v) is 12.0. The molecule has 3 heteroatoms. The number of ether oxygens (including phenoxy) is 1. The number of aromatic nitrogens is 1. The molecular formula is C17H21NO2. The van der Waals surface area contributed by atoms with E-state index in [9.17, 15) is 4.79 Å². The second-order valence-corrected chi connectivity index (χ2v) is 5.74. The van der Waals surface area contributed by atoms with Gasteiger partial charge in [0.1, 0.15) is 0 Å². The Morgan fingerprint density at radius 3 is 2.80 bits per heavy atom. The van der Waals surface area contributed by atoms with Gasteiger partial charge in [-0.25, -0.2) is 4.79 Å². The van der Waals surface area contributed by atoms with Crippen LogP contribution in [0.4, 0.5) is 0 Å². The first-order valence-corrected chi connectivity index (χ1v) is 7.45. The van der Waals surface area contributed by atoms with Crippen molar-refractivity contribution in [2.75, 3.05) is 7.11 Å². The lowest BCUT2D eigenvalue weighted by Crippen LogP contribution is -2.13. The second kappa shape index (κ2) is 5.70. The molecule has 0 aliphatic heterocycles. The topological polar surface area (TPSA) is 31.2 Å². The quantitative estimate of drug-likeness (QED) is 0.790. The number of methoxy groups -OCH3 is 1. The predicted octanol–water partition coefficient (Wildman–Crippen LogP) is 4.01. The normalized spacial score (nSPS) is 16.4. The highest BCUT2D eigenvalue weighted by molar-refractivity contribution is 5.94. The summed E-state index contributed by atoms with van der Waals surface area (Å²) in [4.78, 5) is 11.6. The van der Waals surface area contributed by atoms with Gasteiger partial charge in [-0.3, -0.25) is 0 Å². The minimum atomic E-state index is -0.271. The van der Waals surface area contributed by atoms with E-state index < -0.39 is 0 Å². The highest BCUT2D eigenvalue weighted by Crippen LogP contribution is 2.27. The molecule has 0 N–H and O–H groups in total. The van der Waals surface area contributed by atoms with Crippen molar-refractivity contribution in [1.29, 1.82) is 0 Å². The predicted molar refractivity (Wildman–Crippen MR) is 79.9 cm³/mol. The summed E-state index contributed by atoms with van der Waals surface area (Å²) in [6, 6.07) is 7.89. The van der Waals surface area contributed by atoms with Crippen molar-refractivity contribution < 1.29 is 9.53 Å². The first-order chi connectivity index (χ1) is 9.78. The van der Waals surface area contributed by atoms with Gasteiger partial charge in [0.05, 0.1) is 12.7 Å². The molecule has 1 aliphatic rings. The van der Waals surface area contributed by atoms with Crippen LogP contribution in [0.25, 0.3) is 10.9 Å². The van der Waals surface area contributed by atoms with Crippen LogP contribution < -0.4 is 0 Å². The van der Waals surface area contributed by atoms with Crippen LogP contribution in [0.15, 0.2) is 30.5 Å². The number of fused-ring (bicyclic) bond motifs is 1. The molecule has 0 bridgehead atoms. The molecule has 1 aromatic carbocycles. The minimum Gasteiger partial charge on any atom is -0.465 e. The Bertz CT molecular complexity index is 608. The van der Waals surface area contributed by atoms with E-state index in [2.05, 4.69) is 16.8 Å². The van der Waals surface area contributed by atoms with Crippen molar-refractivity contribution in [1.82, 2.24) is 4.57 Å². The summed E-state index contributed by atoms with van der Waals surface area (Å²) < 4.78 is 7.09. The fourth-order valence-electron chi connectivity index (χ4n) is 3.25. The summed E-state index contributed by atoms with van der Waals surface area (Å²) in [7, 11) is 1.42. The van der Waals surface area contributed by atoms with E-state index in [1.165, 1.54) is 44.7 Å². The zero-order chi connectivity index (χ0) is 13.9. The number of esters is 1. The number of rotatable bonds is 3. The first kappa shape index (κ1) is 13.2. The third kappa shape index (κ3) is 2.58. The number of hydrogen-bond acceptors (Lipinski definition) is 2. The Kier molecular flexibility index (Phi) is 3.77. The fourth-order valence-corrected chi connectivity index (χ4v) is 3.25. The van der Waals surface area contributed by atoms with E-state index >= 15 is 0 Å². The van der Waals surface area contributed by atoms with Gasteiger partial charge in [0, 0.05) is 23.6 Å². The highest BCUT2D eigenvalue weighted by atomic mass is 16.5. The van der Waals surface area contributed by atoms with Crippen LogP contribution in [0.1, 0.15) is 42.5 Å². The number of nitrogens with zero attached hydrogens (tertiary/aromatic N) is 1. The SMILES string of the molecule is COC(=O)c1ccc2c(ccn2CC2CCCCC2)c1. The van der Waals surface area contributed by atoms with Crippen LogP contribution in [-0.2, 0) is 11.3 Å². The van der Waals surface area contributed by atoms with Gasteiger partial charge in [-0.2, -0.15) is 0 Å². The van der Waals surface area contributed by atoms with E-state index in [-0.39, 0.29) is 5.97 Å².